The van der Waals surface area contributed by atoms with Gasteiger partial charge in [-0.05, 0) is 24.3 Å². The van der Waals surface area contributed by atoms with Crippen molar-refractivity contribution in [3.63, 3.8) is 0 Å². The Hall–Kier alpha value is -2.14. The van der Waals surface area contributed by atoms with E-state index in [2.05, 4.69) is 20.4 Å². The summed E-state index contributed by atoms with van der Waals surface area (Å²) in [7, 11) is 0. The predicted molar refractivity (Wildman–Crippen MR) is 71.8 cm³/mol. The van der Waals surface area contributed by atoms with Crippen molar-refractivity contribution in [2.75, 3.05) is 5.32 Å². The van der Waals surface area contributed by atoms with Gasteiger partial charge >= 0.3 is 0 Å². The first-order valence-electron chi connectivity index (χ1n) is 5.36. The maximum atomic E-state index is 4.37. The second-order valence-electron chi connectivity index (χ2n) is 3.62. The van der Waals surface area contributed by atoms with Crippen molar-refractivity contribution < 1.29 is 0 Å². The van der Waals surface area contributed by atoms with Crippen LogP contribution in [0.25, 0.3) is 5.65 Å². The second kappa shape index (κ2) is 5.46. The molecule has 3 rings (SSSR count). The SMILES string of the molecule is Cl.c1ccc(CNc2ccc3nccn3n2)nc1. The highest BCUT2D eigenvalue weighted by molar-refractivity contribution is 5.85. The number of pyridine rings is 1. The molecule has 0 aromatic carbocycles. The van der Waals surface area contributed by atoms with Gasteiger partial charge in [0.1, 0.15) is 5.82 Å². The fourth-order valence-electron chi connectivity index (χ4n) is 1.59. The Morgan fingerprint density at radius 2 is 2.00 bits per heavy atom. The van der Waals surface area contributed by atoms with Gasteiger partial charge in [-0.1, -0.05) is 6.07 Å². The molecule has 0 aliphatic carbocycles. The highest BCUT2D eigenvalue weighted by atomic mass is 35.5. The van der Waals surface area contributed by atoms with Crippen LogP contribution in [0.5, 0.6) is 0 Å². The molecule has 0 aliphatic heterocycles. The van der Waals surface area contributed by atoms with Crippen LogP contribution >= 0.6 is 12.4 Å². The molecule has 5 nitrogen and oxygen atoms in total. The van der Waals surface area contributed by atoms with Crippen LogP contribution in [0, 0.1) is 0 Å². The minimum absolute atomic E-state index is 0. The van der Waals surface area contributed by atoms with E-state index in [9.17, 15) is 0 Å². The van der Waals surface area contributed by atoms with Crippen LogP contribution in [0.4, 0.5) is 5.82 Å². The average Bonchev–Trinajstić information content (AvgIpc) is 2.85. The number of rotatable bonds is 3. The maximum absolute atomic E-state index is 4.37. The highest BCUT2D eigenvalue weighted by Crippen LogP contribution is 2.06. The Morgan fingerprint density at radius 1 is 1.06 bits per heavy atom. The molecule has 6 heteroatoms. The smallest absolute Gasteiger partial charge is 0.153 e. The third kappa shape index (κ3) is 2.57. The average molecular weight is 262 g/mol. The summed E-state index contributed by atoms with van der Waals surface area (Å²) in [5.41, 5.74) is 1.83. The summed E-state index contributed by atoms with van der Waals surface area (Å²) in [6.07, 6.45) is 5.33. The lowest BCUT2D eigenvalue weighted by Gasteiger charge is -2.04. The lowest BCUT2D eigenvalue weighted by molar-refractivity contribution is 0.918. The number of anilines is 1. The van der Waals surface area contributed by atoms with E-state index >= 15 is 0 Å². The molecule has 92 valence electrons. The zero-order valence-corrected chi connectivity index (χ0v) is 10.3. The van der Waals surface area contributed by atoms with Crippen LogP contribution in [-0.4, -0.2) is 19.6 Å². The van der Waals surface area contributed by atoms with Gasteiger partial charge in [0.2, 0.25) is 0 Å². The first kappa shape index (κ1) is 12.3. The summed E-state index contributed by atoms with van der Waals surface area (Å²) in [5, 5.41) is 7.59. The van der Waals surface area contributed by atoms with E-state index in [0.717, 1.165) is 17.2 Å². The Bertz CT molecular complexity index is 622. The lowest BCUT2D eigenvalue weighted by Crippen LogP contribution is -2.04. The third-order valence-electron chi connectivity index (χ3n) is 2.43. The van der Waals surface area contributed by atoms with E-state index in [4.69, 9.17) is 0 Å². The van der Waals surface area contributed by atoms with Gasteiger partial charge in [0, 0.05) is 18.6 Å². The van der Waals surface area contributed by atoms with Crippen molar-refractivity contribution in [2.45, 2.75) is 6.54 Å². The second-order valence-corrected chi connectivity index (χ2v) is 3.62. The maximum Gasteiger partial charge on any atom is 0.153 e. The zero-order valence-electron chi connectivity index (χ0n) is 9.52. The molecule has 0 saturated heterocycles. The van der Waals surface area contributed by atoms with Crippen molar-refractivity contribution in [3.05, 3.63) is 54.6 Å². The van der Waals surface area contributed by atoms with E-state index in [1.165, 1.54) is 0 Å². The van der Waals surface area contributed by atoms with E-state index in [-0.39, 0.29) is 12.4 Å². The van der Waals surface area contributed by atoms with Crippen molar-refractivity contribution in [1.82, 2.24) is 19.6 Å². The Balaban J connectivity index is 0.00000120. The summed E-state index contributed by atoms with van der Waals surface area (Å²) >= 11 is 0. The Kier molecular flexibility index (Phi) is 3.74. The molecule has 0 fully saturated rings. The molecule has 0 unspecified atom stereocenters. The van der Waals surface area contributed by atoms with Crippen LogP contribution in [-0.2, 0) is 6.54 Å². The van der Waals surface area contributed by atoms with E-state index < -0.39 is 0 Å². The molecule has 0 bridgehead atoms. The van der Waals surface area contributed by atoms with Gasteiger partial charge < -0.3 is 5.32 Å². The van der Waals surface area contributed by atoms with Crippen LogP contribution in [0.3, 0.4) is 0 Å². The number of hydrogen-bond donors (Lipinski definition) is 1. The molecule has 0 atom stereocenters. The number of hydrogen-bond acceptors (Lipinski definition) is 4. The molecular weight excluding hydrogens is 250 g/mol. The molecule has 0 radical (unpaired) electrons. The number of aromatic nitrogens is 4. The highest BCUT2D eigenvalue weighted by Gasteiger charge is 1.98. The van der Waals surface area contributed by atoms with Gasteiger partial charge in [-0.3, -0.25) is 4.98 Å². The quantitative estimate of drug-likeness (QED) is 0.785. The molecule has 0 saturated carbocycles. The van der Waals surface area contributed by atoms with Crippen LogP contribution < -0.4 is 5.32 Å². The minimum Gasteiger partial charge on any atom is -0.363 e. The molecule has 0 aliphatic rings. The molecule has 3 heterocycles. The summed E-state index contributed by atoms with van der Waals surface area (Å²) < 4.78 is 1.74. The van der Waals surface area contributed by atoms with E-state index in [1.54, 1.807) is 16.9 Å². The molecular formula is C12H12ClN5. The third-order valence-corrected chi connectivity index (χ3v) is 2.43. The van der Waals surface area contributed by atoms with Crippen molar-refractivity contribution in [2.24, 2.45) is 0 Å². The fraction of sp³-hybridized carbons (Fsp3) is 0.0833. The summed E-state index contributed by atoms with van der Waals surface area (Å²) in [6.45, 7) is 0.661. The Labute approximate surface area is 110 Å². The van der Waals surface area contributed by atoms with E-state index in [0.29, 0.717) is 6.54 Å². The summed E-state index contributed by atoms with van der Waals surface area (Å²) in [4.78, 5) is 8.38. The van der Waals surface area contributed by atoms with E-state index in [1.807, 2.05) is 36.5 Å². The zero-order chi connectivity index (χ0) is 11.5. The number of nitrogens with zero attached hydrogens (tertiary/aromatic N) is 4. The van der Waals surface area contributed by atoms with Gasteiger partial charge in [-0.2, -0.15) is 0 Å². The first-order valence-corrected chi connectivity index (χ1v) is 5.36. The van der Waals surface area contributed by atoms with Crippen LogP contribution in [0.1, 0.15) is 5.69 Å². The van der Waals surface area contributed by atoms with Gasteiger partial charge in [0.05, 0.1) is 12.2 Å². The summed E-state index contributed by atoms with van der Waals surface area (Å²) in [5.74, 6) is 0.807. The number of imidazole rings is 1. The monoisotopic (exact) mass is 261 g/mol. The molecule has 0 amide bonds. The van der Waals surface area contributed by atoms with Gasteiger partial charge in [-0.25, -0.2) is 9.50 Å². The largest absolute Gasteiger partial charge is 0.363 e. The van der Waals surface area contributed by atoms with Crippen molar-refractivity contribution in [3.8, 4) is 0 Å². The normalized spacial score (nSPS) is 10.0. The van der Waals surface area contributed by atoms with Crippen molar-refractivity contribution in [1.29, 1.82) is 0 Å². The molecule has 1 N–H and O–H groups in total. The number of nitrogens with one attached hydrogen (secondary N) is 1. The fourth-order valence-corrected chi connectivity index (χ4v) is 1.59. The molecule has 3 aromatic rings. The standard InChI is InChI=1S/C12H11N5.ClH/c1-2-6-13-10(3-1)9-15-11-4-5-12-14-7-8-17(12)16-11;/h1-8H,9H2,(H,15,16);1H. The summed E-state index contributed by atoms with van der Waals surface area (Å²) in [6, 6.07) is 9.68. The number of halogens is 1. The number of fused-ring (bicyclic) bond motifs is 1. The first-order chi connectivity index (χ1) is 8.42. The topological polar surface area (TPSA) is 55.1 Å². The predicted octanol–water partition coefficient (Wildman–Crippen LogP) is 2.16. The van der Waals surface area contributed by atoms with Gasteiger partial charge in [0.25, 0.3) is 0 Å². The molecule has 3 aromatic heterocycles. The minimum atomic E-state index is 0. The van der Waals surface area contributed by atoms with Crippen LogP contribution in [0.2, 0.25) is 0 Å². The van der Waals surface area contributed by atoms with Crippen molar-refractivity contribution >= 4 is 23.9 Å². The van der Waals surface area contributed by atoms with Gasteiger partial charge in [0.15, 0.2) is 5.65 Å². The molecule has 18 heavy (non-hydrogen) atoms. The molecule has 0 spiro atoms. The Morgan fingerprint density at radius 3 is 2.83 bits per heavy atom. The lowest BCUT2D eigenvalue weighted by atomic mass is 10.3. The van der Waals surface area contributed by atoms with Crippen LogP contribution in [0.15, 0.2) is 48.9 Å². The van der Waals surface area contributed by atoms with Gasteiger partial charge in [-0.15, -0.1) is 17.5 Å².